The summed E-state index contributed by atoms with van der Waals surface area (Å²) in [5.74, 6) is -1.00. The molecule has 7 nitrogen and oxygen atoms in total. The molecule has 0 aromatic heterocycles. The zero-order valence-electron chi connectivity index (χ0n) is 21.0. The fourth-order valence-corrected chi connectivity index (χ4v) is 4.55. The maximum Gasteiger partial charge on any atom is 0.416 e. The molecule has 0 heterocycles. The number of halogens is 4. The van der Waals surface area contributed by atoms with Gasteiger partial charge in [0.15, 0.2) is 0 Å². The highest BCUT2D eigenvalue weighted by Gasteiger charge is 2.34. The van der Waals surface area contributed by atoms with Crippen LogP contribution in [0.1, 0.15) is 38.3 Å². The molecule has 0 spiro atoms. The summed E-state index contributed by atoms with van der Waals surface area (Å²) in [6.07, 6.45) is -3.67. The van der Waals surface area contributed by atoms with E-state index in [9.17, 15) is 31.2 Å². The van der Waals surface area contributed by atoms with Gasteiger partial charge in [-0.25, -0.2) is 8.42 Å². The number of nitrogens with zero attached hydrogens (tertiary/aromatic N) is 2. The van der Waals surface area contributed by atoms with Crippen molar-refractivity contribution in [2.24, 2.45) is 5.92 Å². The van der Waals surface area contributed by atoms with Gasteiger partial charge in [0.1, 0.15) is 12.6 Å². The summed E-state index contributed by atoms with van der Waals surface area (Å²) in [4.78, 5) is 27.8. The molecule has 0 radical (unpaired) electrons. The summed E-state index contributed by atoms with van der Waals surface area (Å²) in [5.41, 5.74) is -0.726. The van der Waals surface area contributed by atoms with Crippen LogP contribution in [0.15, 0.2) is 48.5 Å². The Morgan fingerprint density at radius 3 is 2.22 bits per heavy atom. The van der Waals surface area contributed by atoms with Gasteiger partial charge in [-0.15, -0.1) is 0 Å². The fraction of sp³-hybridized carbons (Fsp3) is 0.440. The fourth-order valence-electron chi connectivity index (χ4n) is 3.58. The molecule has 1 atom stereocenters. The average Bonchev–Trinajstić information content (AvgIpc) is 2.81. The topological polar surface area (TPSA) is 86.8 Å². The van der Waals surface area contributed by atoms with E-state index in [0.29, 0.717) is 27.5 Å². The molecule has 1 unspecified atom stereocenters. The largest absolute Gasteiger partial charge is 0.416 e. The van der Waals surface area contributed by atoms with Crippen molar-refractivity contribution in [1.29, 1.82) is 0 Å². The van der Waals surface area contributed by atoms with Gasteiger partial charge in [0, 0.05) is 18.1 Å². The minimum absolute atomic E-state index is 0.0379. The van der Waals surface area contributed by atoms with Crippen molar-refractivity contribution in [3.8, 4) is 0 Å². The number of nitrogens with one attached hydrogen (secondary N) is 1. The first-order valence-corrected chi connectivity index (χ1v) is 13.8. The van der Waals surface area contributed by atoms with Crippen LogP contribution < -0.4 is 9.62 Å². The van der Waals surface area contributed by atoms with Gasteiger partial charge in [0.2, 0.25) is 21.8 Å². The van der Waals surface area contributed by atoms with Crippen molar-refractivity contribution < 1.29 is 31.2 Å². The summed E-state index contributed by atoms with van der Waals surface area (Å²) in [6, 6.07) is 9.36. The average molecular weight is 562 g/mol. The van der Waals surface area contributed by atoms with Crippen molar-refractivity contribution in [2.45, 2.75) is 46.0 Å². The molecule has 2 rings (SSSR count). The molecule has 0 aliphatic rings. The number of alkyl halides is 3. The summed E-state index contributed by atoms with van der Waals surface area (Å²) in [7, 11) is -4.16. The molecule has 12 heteroatoms. The maximum atomic E-state index is 13.6. The van der Waals surface area contributed by atoms with Crippen molar-refractivity contribution in [3.05, 3.63) is 64.7 Å². The molecule has 0 aliphatic heterocycles. The Bertz CT molecular complexity index is 1190. The van der Waals surface area contributed by atoms with Crippen LogP contribution in [0, 0.1) is 5.92 Å². The van der Waals surface area contributed by atoms with Gasteiger partial charge in [-0.3, -0.25) is 13.9 Å². The molecule has 37 heavy (non-hydrogen) atoms. The van der Waals surface area contributed by atoms with Gasteiger partial charge in [-0.05, 0) is 48.2 Å². The number of carbonyl (C=O) groups is 2. The first-order chi connectivity index (χ1) is 17.1. The predicted octanol–water partition coefficient (Wildman–Crippen LogP) is 4.70. The Morgan fingerprint density at radius 2 is 1.70 bits per heavy atom. The van der Waals surface area contributed by atoms with Gasteiger partial charge in [-0.1, -0.05) is 50.6 Å². The van der Waals surface area contributed by atoms with Crippen LogP contribution in [0.25, 0.3) is 0 Å². The number of amides is 2. The Hall–Kier alpha value is -2.79. The van der Waals surface area contributed by atoms with Crippen LogP contribution in [-0.4, -0.2) is 50.5 Å². The molecule has 1 N–H and O–H groups in total. The molecule has 0 aliphatic carbocycles. The molecule has 2 aromatic rings. The van der Waals surface area contributed by atoms with E-state index in [-0.39, 0.29) is 24.6 Å². The highest BCUT2D eigenvalue weighted by Crippen LogP contribution is 2.32. The minimum atomic E-state index is -4.70. The lowest BCUT2D eigenvalue weighted by atomic mass is 10.1. The smallest absolute Gasteiger partial charge is 0.354 e. The molecular formula is C25H31ClF3N3O4S. The van der Waals surface area contributed by atoms with Crippen LogP contribution in [0.3, 0.4) is 0 Å². The van der Waals surface area contributed by atoms with E-state index in [1.807, 2.05) is 13.8 Å². The van der Waals surface area contributed by atoms with E-state index in [4.69, 9.17) is 11.6 Å². The van der Waals surface area contributed by atoms with Crippen LogP contribution in [0.4, 0.5) is 18.9 Å². The Morgan fingerprint density at radius 1 is 1.08 bits per heavy atom. The second kappa shape index (κ2) is 12.6. The number of hydrogen-bond donors (Lipinski definition) is 1. The number of carbonyl (C=O) groups excluding carboxylic acids is 2. The SMILES string of the molecule is CCC(C(=O)NCC(C)C)N(Cc1ccc(Cl)cc1)C(=O)CN(c1cccc(C(F)(F)F)c1)S(C)(=O)=O. The van der Waals surface area contributed by atoms with E-state index in [1.165, 1.54) is 11.0 Å². The molecule has 2 aromatic carbocycles. The third-order valence-corrected chi connectivity index (χ3v) is 6.87. The summed E-state index contributed by atoms with van der Waals surface area (Å²) in [6.45, 7) is 5.08. The lowest BCUT2D eigenvalue weighted by Crippen LogP contribution is -2.52. The van der Waals surface area contributed by atoms with Gasteiger partial charge in [-0.2, -0.15) is 13.2 Å². The zero-order valence-corrected chi connectivity index (χ0v) is 22.6. The van der Waals surface area contributed by atoms with Crippen LogP contribution in [-0.2, 0) is 32.3 Å². The van der Waals surface area contributed by atoms with Gasteiger partial charge < -0.3 is 10.2 Å². The number of anilines is 1. The Kier molecular flexibility index (Phi) is 10.4. The third-order valence-electron chi connectivity index (χ3n) is 5.48. The maximum absolute atomic E-state index is 13.6. The third kappa shape index (κ3) is 8.92. The molecule has 0 saturated heterocycles. The van der Waals surface area contributed by atoms with Crippen molar-refractivity contribution in [2.75, 3.05) is 23.7 Å². The predicted molar refractivity (Wildman–Crippen MR) is 138 cm³/mol. The number of hydrogen-bond acceptors (Lipinski definition) is 4. The molecule has 0 fully saturated rings. The molecule has 0 saturated carbocycles. The van der Waals surface area contributed by atoms with E-state index in [1.54, 1.807) is 31.2 Å². The van der Waals surface area contributed by atoms with E-state index < -0.39 is 46.2 Å². The lowest BCUT2D eigenvalue weighted by Gasteiger charge is -2.33. The summed E-state index contributed by atoms with van der Waals surface area (Å²) in [5, 5.41) is 3.26. The van der Waals surface area contributed by atoms with Crippen molar-refractivity contribution in [3.63, 3.8) is 0 Å². The first kappa shape index (κ1) is 30.4. The second-order valence-corrected chi connectivity index (χ2v) is 11.4. The van der Waals surface area contributed by atoms with Crippen molar-refractivity contribution in [1.82, 2.24) is 10.2 Å². The normalized spacial score (nSPS) is 12.8. The highest BCUT2D eigenvalue weighted by molar-refractivity contribution is 7.92. The standard InChI is InChI=1S/C25H31ClF3N3O4S/c1-5-22(24(34)30-14-17(2)3)31(15-18-9-11-20(26)12-10-18)23(33)16-32(37(4,35)36)21-8-6-7-19(13-21)25(27,28)29/h6-13,17,22H,5,14-16H2,1-4H3,(H,30,34). The van der Waals surface area contributed by atoms with Gasteiger partial charge >= 0.3 is 6.18 Å². The van der Waals surface area contributed by atoms with Gasteiger partial charge in [0.25, 0.3) is 0 Å². The van der Waals surface area contributed by atoms with E-state index in [0.717, 1.165) is 18.4 Å². The molecule has 204 valence electrons. The van der Waals surface area contributed by atoms with Crippen molar-refractivity contribution >= 4 is 39.1 Å². The Balaban J connectivity index is 2.46. The molecule has 2 amide bonds. The molecular weight excluding hydrogens is 531 g/mol. The van der Waals surface area contributed by atoms with Crippen LogP contribution in [0.2, 0.25) is 5.02 Å². The summed E-state index contributed by atoms with van der Waals surface area (Å²) >= 11 is 5.96. The van der Waals surface area contributed by atoms with Crippen LogP contribution in [0.5, 0.6) is 0 Å². The monoisotopic (exact) mass is 561 g/mol. The lowest BCUT2D eigenvalue weighted by molar-refractivity contribution is -0.140. The first-order valence-electron chi connectivity index (χ1n) is 11.6. The quantitative estimate of drug-likeness (QED) is 0.431. The van der Waals surface area contributed by atoms with Gasteiger partial charge in [0.05, 0.1) is 17.5 Å². The summed E-state index contributed by atoms with van der Waals surface area (Å²) < 4.78 is 65.6. The Labute approximate surface area is 220 Å². The number of rotatable bonds is 11. The van der Waals surface area contributed by atoms with Crippen LogP contribution >= 0.6 is 11.6 Å². The number of benzene rings is 2. The second-order valence-electron chi connectivity index (χ2n) is 9.03. The minimum Gasteiger partial charge on any atom is -0.354 e. The van der Waals surface area contributed by atoms with E-state index >= 15 is 0 Å². The number of sulfonamides is 1. The molecule has 0 bridgehead atoms. The van der Waals surface area contributed by atoms with E-state index in [2.05, 4.69) is 5.32 Å². The highest BCUT2D eigenvalue weighted by atomic mass is 35.5. The zero-order chi connectivity index (χ0) is 28.0.